The van der Waals surface area contributed by atoms with Gasteiger partial charge in [0.25, 0.3) is 11.8 Å². The van der Waals surface area contributed by atoms with Crippen LogP contribution in [0.1, 0.15) is 33.3 Å². The third-order valence-electron chi connectivity index (χ3n) is 3.56. The Balaban J connectivity index is 1.79. The van der Waals surface area contributed by atoms with E-state index in [1.54, 1.807) is 12.3 Å². The van der Waals surface area contributed by atoms with Gasteiger partial charge in [0.2, 0.25) is 0 Å². The summed E-state index contributed by atoms with van der Waals surface area (Å²) >= 11 is 1.17. The molecule has 0 saturated heterocycles. The van der Waals surface area contributed by atoms with Crippen molar-refractivity contribution in [2.45, 2.75) is 13.8 Å². The molecule has 0 fully saturated rings. The average molecular weight is 372 g/mol. The van der Waals surface area contributed by atoms with E-state index in [0.717, 1.165) is 11.1 Å². The molecule has 3 amide bonds. The van der Waals surface area contributed by atoms with Crippen LogP contribution in [0, 0.1) is 6.92 Å². The molecule has 8 nitrogen and oxygen atoms in total. The Morgan fingerprint density at radius 3 is 2.81 bits per heavy atom. The molecule has 0 aliphatic rings. The number of carbonyl (C=O) groups excluding carboxylic acids is 3. The number of aromatic nitrogens is 2. The van der Waals surface area contributed by atoms with Gasteiger partial charge < -0.3 is 10.1 Å². The van der Waals surface area contributed by atoms with E-state index in [1.165, 1.54) is 17.4 Å². The van der Waals surface area contributed by atoms with Gasteiger partial charge in [-0.2, -0.15) is 5.10 Å². The molecule has 0 atom stereocenters. The number of ether oxygens (including phenoxy) is 1. The highest BCUT2D eigenvalue weighted by Crippen LogP contribution is 2.25. The van der Waals surface area contributed by atoms with E-state index in [9.17, 15) is 14.4 Å². The predicted molar refractivity (Wildman–Crippen MR) is 97.6 cm³/mol. The Bertz CT molecular complexity index is 992. The maximum absolute atomic E-state index is 12.6. The number of carbonyl (C=O) groups is 3. The zero-order chi connectivity index (χ0) is 18.7. The van der Waals surface area contributed by atoms with Gasteiger partial charge in [0.05, 0.1) is 17.7 Å². The average Bonchev–Trinajstić information content (AvgIpc) is 3.21. The Morgan fingerprint density at radius 2 is 2.04 bits per heavy atom. The number of aromatic amines is 1. The highest BCUT2D eigenvalue weighted by Gasteiger charge is 2.20. The summed E-state index contributed by atoms with van der Waals surface area (Å²) in [7, 11) is 0. The summed E-state index contributed by atoms with van der Waals surface area (Å²) in [5.41, 5.74) is 2.20. The molecule has 0 spiro atoms. The van der Waals surface area contributed by atoms with Crippen LogP contribution in [-0.2, 0) is 4.74 Å². The molecule has 0 saturated carbocycles. The fourth-order valence-corrected chi connectivity index (χ4v) is 3.16. The normalized spacial score (nSPS) is 10.5. The number of benzene rings is 1. The number of rotatable bonds is 4. The van der Waals surface area contributed by atoms with Crippen molar-refractivity contribution in [2.24, 2.45) is 0 Å². The number of thiophene rings is 1. The number of hydrogen-bond donors (Lipinski definition) is 3. The Kier molecular flexibility index (Phi) is 4.99. The molecule has 3 rings (SSSR count). The Hall–Kier alpha value is -3.20. The molecular weight excluding hydrogens is 356 g/mol. The topological polar surface area (TPSA) is 113 Å². The van der Waals surface area contributed by atoms with Crippen LogP contribution in [0.2, 0.25) is 0 Å². The van der Waals surface area contributed by atoms with Crippen molar-refractivity contribution >= 4 is 45.1 Å². The number of aryl methyl sites for hydroxylation is 1. The van der Waals surface area contributed by atoms with Crippen LogP contribution in [0.25, 0.3) is 10.9 Å². The molecule has 1 aromatic carbocycles. The first-order chi connectivity index (χ1) is 12.5. The first kappa shape index (κ1) is 17.6. The zero-order valence-electron chi connectivity index (χ0n) is 14.1. The van der Waals surface area contributed by atoms with Crippen LogP contribution >= 0.6 is 11.3 Å². The minimum atomic E-state index is -0.838. The number of fused-ring (bicyclic) bond motifs is 1. The van der Waals surface area contributed by atoms with Crippen molar-refractivity contribution in [3.63, 3.8) is 0 Å². The van der Waals surface area contributed by atoms with Crippen LogP contribution < -0.4 is 10.6 Å². The second kappa shape index (κ2) is 7.36. The van der Waals surface area contributed by atoms with E-state index >= 15 is 0 Å². The Morgan fingerprint density at radius 1 is 1.23 bits per heavy atom. The van der Waals surface area contributed by atoms with Crippen LogP contribution in [0.15, 0.2) is 29.6 Å². The van der Waals surface area contributed by atoms with E-state index in [-0.39, 0.29) is 17.9 Å². The third-order valence-corrected chi connectivity index (χ3v) is 4.39. The monoisotopic (exact) mass is 372 g/mol. The van der Waals surface area contributed by atoms with E-state index in [2.05, 4.69) is 25.6 Å². The van der Waals surface area contributed by atoms with Crippen molar-refractivity contribution in [1.29, 1.82) is 0 Å². The molecule has 3 aromatic rings. The molecule has 0 aliphatic carbocycles. The summed E-state index contributed by atoms with van der Waals surface area (Å²) in [6.07, 6.45) is -0.838. The molecule has 2 heterocycles. The summed E-state index contributed by atoms with van der Waals surface area (Å²) < 4.78 is 4.68. The number of H-pyrrole nitrogens is 1. The number of nitrogens with zero attached hydrogens (tertiary/aromatic N) is 1. The van der Waals surface area contributed by atoms with Gasteiger partial charge in [0, 0.05) is 5.39 Å². The van der Waals surface area contributed by atoms with Crippen LogP contribution in [0.4, 0.5) is 9.80 Å². The summed E-state index contributed by atoms with van der Waals surface area (Å²) in [6.45, 7) is 3.73. The zero-order valence-corrected chi connectivity index (χ0v) is 14.9. The molecule has 2 aromatic heterocycles. The first-order valence-corrected chi connectivity index (χ1v) is 8.69. The van der Waals surface area contributed by atoms with Gasteiger partial charge in [-0.3, -0.25) is 20.0 Å². The van der Waals surface area contributed by atoms with Crippen molar-refractivity contribution in [3.8, 4) is 0 Å². The van der Waals surface area contributed by atoms with Crippen LogP contribution in [-0.4, -0.2) is 34.7 Å². The maximum Gasteiger partial charge on any atom is 0.414 e. The van der Waals surface area contributed by atoms with Crippen molar-refractivity contribution in [3.05, 3.63) is 46.5 Å². The van der Waals surface area contributed by atoms with E-state index in [0.29, 0.717) is 10.4 Å². The number of anilines is 1. The number of amides is 3. The lowest BCUT2D eigenvalue weighted by Gasteiger charge is -2.06. The van der Waals surface area contributed by atoms with Crippen molar-refractivity contribution < 1.29 is 19.1 Å². The van der Waals surface area contributed by atoms with E-state index in [1.807, 2.05) is 25.1 Å². The van der Waals surface area contributed by atoms with Crippen LogP contribution in [0.5, 0.6) is 0 Å². The fraction of sp³-hybridized carbons (Fsp3) is 0.176. The van der Waals surface area contributed by atoms with E-state index < -0.39 is 17.9 Å². The number of nitrogens with one attached hydrogen (secondary N) is 3. The van der Waals surface area contributed by atoms with Gasteiger partial charge in [-0.15, -0.1) is 11.3 Å². The third kappa shape index (κ3) is 3.57. The largest absolute Gasteiger partial charge is 0.450 e. The molecule has 0 aliphatic heterocycles. The second-order valence-electron chi connectivity index (χ2n) is 5.41. The molecule has 0 radical (unpaired) electrons. The van der Waals surface area contributed by atoms with Gasteiger partial charge in [0.1, 0.15) is 5.00 Å². The highest BCUT2D eigenvalue weighted by atomic mass is 32.1. The Labute approximate surface area is 152 Å². The fourth-order valence-electron chi connectivity index (χ4n) is 2.38. The number of hydrogen-bond acceptors (Lipinski definition) is 6. The standard InChI is InChI=1S/C17H16N4O4S/c1-3-25-17(24)19-14(22)11-6-7-26-16(11)18-15(23)13-10-5-4-9(2)8-12(10)20-21-13/h4-8H,3H2,1-2H3,(H,18,23)(H,20,21)(H,19,22,24). The summed E-state index contributed by atoms with van der Waals surface area (Å²) in [5.74, 6) is -1.10. The molecule has 0 unspecified atom stereocenters. The SMILES string of the molecule is CCOC(=O)NC(=O)c1ccsc1NC(=O)c1n[nH]c2cc(C)ccc12. The lowest BCUT2D eigenvalue weighted by atomic mass is 10.1. The van der Waals surface area contributed by atoms with Gasteiger partial charge >= 0.3 is 6.09 Å². The highest BCUT2D eigenvalue weighted by molar-refractivity contribution is 7.14. The van der Waals surface area contributed by atoms with Gasteiger partial charge in [-0.05, 0) is 36.9 Å². The molecule has 3 N–H and O–H groups in total. The van der Waals surface area contributed by atoms with Crippen LogP contribution in [0.3, 0.4) is 0 Å². The molecule has 134 valence electrons. The van der Waals surface area contributed by atoms with Crippen molar-refractivity contribution in [2.75, 3.05) is 11.9 Å². The van der Waals surface area contributed by atoms with Gasteiger partial charge in [-0.1, -0.05) is 12.1 Å². The van der Waals surface area contributed by atoms with Gasteiger partial charge in [-0.25, -0.2) is 4.79 Å². The summed E-state index contributed by atoms with van der Waals surface area (Å²) in [6, 6.07) is 7.10. The number of imide groups is 1. The van der Waals surface area contributed by atoms with Crippen molar-refractivity contribution in [1.82, 2.24) is 15.5 Å². The van der Waals surface area contributed by atoms with Gasteiger partial charge in [0.15, 0.2) is 5.69 Å². The predicted octanol–water partition coefficient (Wildman–Crippen LogP) is 3.07. The lowest BCUT2D eigenvalue weighted by molar-refractivity contribution is 0.0926. The first-order valence-electron chi connectivity index (χ1n) is 7.81. The number of alkyl carbamates (subject to hydrolysis) is 1. The molecular formula is C17H16N4O4S. The van der Waals surface area contributed by atoms with E-state index in [4.69, 9.17) is 0 Å². The smallest absolute Gasteiger partial charge is 0.414 e. The quantitative estimate of drug-likeness (QED) is 0.651. The minimum absolute atomic E-state index is 0.151. The second-order valence-corrected chi connectivity index (χ2v) is 6.33. The minimum Gasteiger partial charge on any atom is -0.450 e. The lowest BCUT2D eigenvalue weighted by Crippen LogP contribution is -2.31. The molecule has 0 bridgehead atoms. The summed E-state index contributed by atoms with van der Waals surface area (Å²) in [5, 5.41) is 14.3. The molecule has 9 heteroatoms. The summed E-state index contributed by atoms with van der Waals surface area (Å²) in [4.78, 5) is 36.1. The molecule has 26 heavy (non-hydrogen) atoms. The maximum atomic E-state index is 12.6.